The summed E-state index contributed by atoms with van der Waals surface area (Å²) in [6.45, 7) is 0. The van der Waals surface area contributed by atoms with Crippen LogP contribution in [0.2, 0.25) is 10.0 Å². The molecule has 1 saturated carbocycles. The van der Waals surface area contributed by atoms with Gasteiger partial charge in [-0.05, 0) is 47.7 Å². The molecule has 0 unspecified atom stereocenters. The van der Waals surface area contributed by atoms with Gasteiger partial charge < -0.3 is 0 Å². The quantitative estimate of drug-likeness (QED) is 0.727. The Balaban J connectivity index is 2.26. The molecule has 1 fully saturated rings. The molecule has 0 spiro atoms. The Kier molecular flexibility index (Phi) is 2.74. The van der Waals surface area contributed by atoms with Crippen LogP contribution in [0.15, 0.2) is 18.2 Å². The minimum absolute atomic E-state index is 0.0763. The topological polar surface area (TPSA) is 17.1 Å². The van der Waals surface area contributed by atoms with Crippen LogP contribution in [0.3, 0.4) is 0 Å². The van der Waals surface area contributed by atoms with Crippen molar-refractivity contribution in [3.8, 4) is 0 Å². The fraction of sp³-hybridized carbons (Fsp3) is 0.300. The van der Waals surface area contributed by atoms with Gasteiger partial charge in [-0.2, -0.15) is 0 Å². The molecule has 14 heavy (non-hydrogen) atoms. The van der Waals surface area contributed by atoms with Crippen LogP contribution in [0, 0.1) is 5.92 Å². The standard InChI is InChI=1S/C10H7Cl3O/c11-5-1-2-9(12)7(3-5)6-4-8(6)10(13)14/h1-3,6,8H,4H2/t6-,8+/m0/s1. The van der Waals surface area contributed by atoms with E-state index in [4.69, 9.17) is 34.8 Å². The van der Waals surface area contributed by atoms with Crippen molar-refractivity contribution < 1.29 is 4.79 Å². The second kappa shape index (κ2) is 3.73. The van der Waals surface area contributed by atoms with E-state index in [9.17, 15) is 4.79 Å². The molecular formula is C10H7Cl3O. The Morgan fingerprint density at radius 1 is 1.36 bits per heavy atom. The molecule has 1 aromatic carbocycles. The fourth-order valence-electron chi connectivity index (χ4n) is 1.59. The maximum absolute atomic E-state index is 10.9. The highest BCUT2D eigenvalue weighted by Gasteiger charge is 2.44. The molecule has 0 N–H and O–H groups in total. The SMILES string of the molecule is O=C(Cl)[C@@H]1C[C@H]1c1cc(Cl)ccc1Cl. The Labute approximate surface area is 97.0 Å². The molecular weight excluding hydrogens is 242 g/mol. The van der Waals surface area contributed by atoms with Crippen LogP contribution >= 0.6 is 34.8 Å². The lowest BCUT2D eigenvalue weighted by molar-refractivity contribution is -0.112. The van der Waals surface area contributed by atoms with E-state index in [0.717, 1.165) is 12.0 Å². The fourth-order valence-corrected chi connectivity index (χ4v) is 2.27. The zero-order chi connectivity index (χ0) is 10.3. The molecule has 0 saturated heterocycles. The van der Waals surface area contributed by atoms with Gasteiger partial charge in [0.1, 0.15) is 0 Å². The Hall–Kier alpha value is -0.240. The molecule has 1 aromatic rings. The van der Waals surface area contributed by atoms with Crippen LogP contribution in [-0.2, 0) is 4.79 Å². The van der Waals surface area contributed by atoms with Gasteiger partial charge in [-0.15, -0.1) is 0 Å². The first-order valence-corrected chi connectivity index (χ1v) is 5.37. The van der Waals surface area contributed by atoms with Gasteiger partial charge in [0.05, 0.1) is 0 Å². The molecule has 0 aliphatic heterocycles. The predicted molar refractivity (Wildman–Crippen MR) is 58.2 cm³/mol. The lowest BCUT2D eigenvalue weighted by atomic mass is 10.1. The van der Waals surface area contributed by atoms with E-state index in [2.05, 4.69) is 0 Å². The van der Waals surface area contributed by atoms with Crippen LogP contribution in [0.1, 0.15) is 17.9 Å². The van der Waals surface area contributed by atoms with Gasteiger partial charge in [-0.3, -0.25) is 4.79 Å². The molecule has 1 aliphatic carbocycles. The molecule has 74 valence electrons. The number of halogens is 3. The number of carbonyl (C=O) groups excluding carboxylic acids is 1. The van der Waals surface area contributed by atoms with Gasteiger partial charge >= 0.3 is 0 Å². The molecule has 0 aromatic heterocycles. The second-order valence-corrected chi connectivity index (χ2v) is 4.63. The van der Waals surface area contributed by atoms with Gasteiger partial charge in [0.15, 0.2) is 0 Å². The van der Waals surface area contributed by atoms with E-state index < -0.39 is 0 Å². The third-order valence-electron chi connectivity index (χ3n) is 2.44. The number of benzene rings is 1. The summed E-state index contributed by atoms with van der Waals surface area (Å²) in [6, 6.07) is 5.27. The van der Waals surface area contributed by atoms with E-state index in [1.54, 1.807) is 18.2 Å². The van der Waals surface area contributed by atoms with Crippen LogP contribution in [0.4, 0.5) is 0 Å². The van der Waals surface area contributed by atoms with Crippen LogP contribution < -0.4 is 0 Å². The van der Waals surface area contributed by atoms with Crippen molar-refractivity contribution in [3.63, 3.8) is 0 Å². The van der Waals surface area contributed by atoms with Crippen LogP contribution in [0.5, 0.6) is 0 Å². The van der Waals surface area contributed by atoms with Crippen molar-refractivity contribution >= 4 is 40.0 Å². The van der Waals surface area contributed by atoms with Gasteiger partial charge in [0, 0.05) is 16.0 Å². The van der Waals surface area contributed by atoms with E-state index in [1.165, 1.54) is 0 Å². The monoisotopic (exact) mass is 248 g/mol. The second-order valence-electron chi connectivity index (χ2n) is 3.42. The third kappa shape index (κ3) is 1.90. The minimum Gasteiger partial charge on any atom is -0.281 e. The number of hydrogen-bond donors (Lipinski definition) is 0. The van der Waals surface area contributed by atoms with Crippen molar-refractivity contribution in [1.82, 2.24) is 0 Å². The summed E-state index contributed by atoms with van der Waals surface area (Å²) in [4.78, 5) is 10.9. The zero-order valence-electron chi connectivity index (χ0n) is 7.14. The van der Waals surface area contributed by atoms with E-state index >= 15 is 0 Å². The average molecular weight is 250 g/mol. The summed E-state index contributed by atoms with van der Waals surface area (Å²) in [5.74, 6) is 0.0823. The number of hydrogen-bond acceptors (Lipinski definition) is 1. The first kappa shape index (κ1) is 10.3. The van der Waals surface area contributed by atoms with Gasteiger partial charge in [-0.1, -0.05) is 23.2 Å². The summed E-state index contributed by atoms with van der Waals surface area (Å²) < 4.78 is 0. The molecule has 1 aliphatic rings. The summed E-state index contributed by atoms with van der Waals surface area (Å²) in [5.41, 5.74) is 0.929. The summed E-state index contributed by atoms with van der Waals surface area (Å²) >= 11 is 17.2. The van der Waals surface area contributed by atoms with Gasteiger partial charge in [0.25, 0.3) is 0 Å². The van der Waals surface area contributed by atoms with Crippen LogP contribution in [0.25, 0.3) is 0 Å². The highest BCUT2D eigenvalue weighted by molar-refractivity contribution is 6.64. The highest BCUT2D eigenvalue weighted by Crippen LogP contribution is 2.51. The van der Waals surface area contributed by atoms with Gasteiger partial charge in [0.2, 0.25) is 5.24 Å². The van der Waals surface area contributed by atoms with Crippen molar-refractivity contribution in [2.24, 2.45) is 5.92 Å². The van der Waals surface area contributed by atoms with Crippen molar-refractivity contribution in [2.75, 3.05) is 0 Å². The molecule has 0 heterocycles. The molecule has 2 atom stereocenters. The average Bonchev–Trinajstić information content (AvgIpc) is 2.88. The third-order valence-corrected chi connectivity index (χ3v) is 3.30. The minimum atomic E-state index is -0.286. The van der Waals surface area contributed by atoms with Gasteiger partial charge in [-0.25, -0.2) is 0 Å². The molecule has 1 nitrogen and oxygen atoms in total. The lowest BCUT2D eigenvalue weighted by Gasteiger charge is -2.02. The Morgan fingerprint density at radius 3 is 2.64 bits per heavy atom. The summed E-state index contributed by atoms with van der Waals surface area (Å²) in [7, 11) is 0. The predicted octanol–water partition coefficient (Wildman–Crippen LogP) is 3.86. The van der Waals surface area contributed by atoms with E-state index in [1.807, 2.05) is 0 Å². The largest absolute Gasteiger partial charge is 0.281 e. The maximum Gasteiger partial charge on any atom is 0.225 e. The Morgan fingerprint density at radius 2 is 2.07 bits per heavy atom. The van der Waals surface area contributed by atoms with E-state index in [0.29, 0.717) is 10.0 Å². The smallest absolute Gasteiger partial charge is 0.225 e. The molecule has 4 heteroatoms. The zero-order valence-corrected chi connectivity index (χ0v) is 9.40. The maximum atomic E-state index is 10.9. The normalized spacial score (nSPS) is 24.8. The Bertz CT molecular complexity index is 389. The van der Waals surface area contributed by atoms with E-state index in [-0.39, 0.29) is 17.1 Å². The first-order chi connectivity index (χ1) is 6.59. The molecule has 0 radical (unpaired) electrons. The number of carbonyl (C=O) groups is 1. The molecule has 0 amide bonds. The summed E-state index contributed by atoms with van der Waals surface area (Å²) in [6.07, 6.45) is 0.780. The first-order valence-electron chi connectivity index (χ1n) is 4.24. The summed E-state index contributed by atoms with van der Waals surface area (Å²) in [5, 5.41) is 1.00. The van der Waals surface area contributed by atoms with Crippen molar-refractivity contribution in [3.05, 3.63) is 33.8 Å². The van der Waals surface area contributed by atoms with Crippen molar-refractivity contribution in [1.29, 1.82) is 0 Å². The van der Waals surface area contributed by atoms with Crippen LogP contribution in [-0.4, -0.2) is 5.24 Å². The lowest BCUT2D eigenvalue weighted by Crippen LogP contribution is -1.92. The number of rotatable bonds is 2. The van der Waals surface area contributed by atoms with Crippen molar-refractivity contribution in [2.45, 2.75) is 12.3 Å². The highest BCUT2D eigenvalue weighted by atomic mass is 35.5. The molecule has 0 bridgehead atoms. The molecule has 2 rings (SSSR count).